The van der Waals surface area contributed by atoms with Gasteiger partial charge in [-0.15, -0.1) is 0 Å². The number of fused-ring (bicyclic) bond motifs is 1. The number of anilines is 1. The van der Waals surface area contributed by atoms with Gasteiger partial charge in [-0.05, 0) is 33.6 Å². The highest BCUT2D eigenvalue weighted by atomic mass is 16.6. The van der Waals surface area contributed by atoms with Gasteiger partial charge in [0.15, 0.2) is 17.0 Å². The summed E-state index contributed by atoms with van der Waals surface area (Å²) in [5.41, 5.74) is 0.339. The first-order chi connectivity index (χ1) is 11.4. The van der Waals surface area contributed by atoms with Crippen LogP contribution in [-0.4, -0.2) is 43.6 Å². The summed E-state index contributed by atoms with van der Waals surface area (Å²) in [6.07, 6.45) is 3.70. The van der Waals surface area contributed by atoms with Gasteiger partial charge in [-0.25, -0.2) is 19.7 Å². The molecule has 0 aromatic carbocycles. The number of hydrogen-bond donors (Lipinski definition) is 1. The normalized spacial score (nSPS) is 21.0. The van der Waals surface area contributed by atoms with Crippen molar-refractivity contribution in [2.24, 2.45) is 0 Å². The van der Waals surface area contributed by atoms with Crippen LogP contribution in [0.4, 0.5) is 10.6 Å². The van der Waals surface area contributed by atoms with E-state index in [9.17, 15) is 9.59 Å². The average Bonchev–Trinajstić information content (AvgIpc) is 3.11. The Hall–Kier alpha value is -2.55. The second-order valence-electron chi connectivity index (χ2n) is 6.52. The van der Waals surface area contributed by atoms with Gasteiger partial charge >= 0.3 is 6.09 Å². The van der Waals surface area contributed by atoms with Crippen molar-refractivity contribution in [2.75, 3.05) is 5.32 Å². The summed E-state index contributed by atoms with van der Waals surface area (Å²) in [5.74, 6) is 0.262. The number of rotatable bonds is 3. The van der Waals surface area contributed by atoms with Crippen LogP contribution in [0.25, 0.3) is 11.2 Å². The fourth-order valence-corrected chi connectivity index (χ4v) is 2.50. The van der Waals surface area contributed by atoms with E-state index in [1.807, 2.05) is 0 Å². The fourth-order valence-electron chi connectivity index (χ4n) is 2.50. The van der Waals surface area contributed by atoms with Crippen molar-refractivity contribution in [2.45, 2.75) is 51.5 Å². The number of hydrogen-bond acceptors (Lipinski definition) is 7. The Kier molecular flexibility index (Phi) is 4.18. The van der Waals surface area contributed by atoms with E-state index in [0.29, 0.717) is 24.0 Å². The van der Waals surface area contributed by atoms with Gasteiger partial charge in [0.1, 0.15) is 30.5 Å². The molecule has 0 saturated carbocycles. The van der Waals surface area contributed by atoms with Crippen LogP contribution in [0.5, 0.6) is 0 Å². The maximum atomic E-state index is 11.9. The third kappa shape index (κ3) is 3.35. The summed E-state index contributed by atoms with van der Waals surface area (Å²) < 4.78 is 12.6. The number of amides is 1. The first kappa shape index (κ1) is 16.3. The third-order valence-corrected chi connectivity index (χ3v) is 3.47. The Morgan fingerprint density at radius 3 is 2.83 bits per heavy atom. The van der Waals surface area contributed by atoms with E-state index in [4.69, 9.17) is 9.47 Å². The number of carbonyl (C=O) groups is 2. The largest absolute Gasteiger partial charge is 0.444 e. The van der Waals surface area contributed by atoms with Gasteiger partial charge < -0.3 is 14.3 Å². The van der Waals surface area contributed by atoms with Crippen molar-refractivity contribution >= 4 is 29.4 Å². The quantitative estimate of drug-likeness (QED) is 0.856. The molecule has 3 heterocycles. The molecular weight excluding hydrogens is 314 g/mol. The minimum absolute atomic E-state index is 0.262. The Morgan fingerprint density at radius 2 is 2.17 bits per heavy atom. The van der Waals surface area contributed by atoms with E-state index in [1.54, 1.807) is 31.7 Å². The van der Waals surface area contributed by atoms with E-state index in [2.05, 4.69) is 20.3 Å². The molecule has 0 spiro atoms. The molecule has 2 aromatic heterocycles. The van der Waals surface area contributed by atoms with Gasteiger partial charge in [0.25, 0.3) is 0 Å². The van der Waals surface area contributed by atoms with Crippen molar-refractivity contribution in [1.29, 1.82) is 0 Å². The molecule has 0 bridgehead atoms. The van der Waals surface area contributed by atoms with E-state index < -0.39 is 17.8 Å². The highest BCUT2D eigenvalue weighted by Crippen LogP contribution is 2.30. The van der Waals surface area contributed by atoms with Crippen LogP contribution in [0.3, 0.4) is 0 Å². The monoisotopic (exact) mass is 333 g/mol. The van der Waals surface area contributed by atoms with Crippen molar-refractivity contribution in [1.82, 2.24) is 19.5 Å². The molecule has 0 radical (unpaired) electrons. The van der Waals surface area contributed by atoms with Gasteiger partial charge in [0, 0.05) is 0 Å². The van der Waals surface area contributed by atoms with Crippen LogP contribution in [-0.2, 0) is 14.3 Å². The molecule has 1 aliphatic heterocycles. The summed E-state index contributed by atoms with van der Waals surface area (Å²) in [5, 5.41) is 2.58. The predicted octanol–water partition coefficient (Wildman–Crippen LogP) is 2.05. The van der Waals surface area contributed by atoms with Gasteiger partial charge in [-0.2, -0.15) is 0 Å². The molecule has 128 valence electrons. The number of nitrogens with one attached hydrogen (secondary N) is 1. The summed E-state index contributed by atoms with van der Waals surface area (Å²) in [7, 11) is 0. The molecule has 9 nitrogen and oxygen atoms in total. The zero-order chi connectivity index (χ0) is 17.3. The fraction of sp³-hybridized carbons (Fsp3) is 0.533. The van der Waals surface area contributed by atoms with E-state index in [-0.39, 0.29) is 12.0 Å². The molecule has 2 unspecified atom stereocenters. The Bertz CT molecular complexity index is 767. The second kappa shape index (κ2) is 6.16. The van der Waals surface area contributed by atoms with Crippen LogP contribution < -0.4 is 5.32 Å². The van der Waals surface area contributed by atoms with Crippen molar-refractivity contribution in [3.63, 3.8) is 0 Å². The van der Waals surface area contributed by atoms with Crippen molar-refractivity contribution < 1.29 is 19.1 Å². The number of aromatic nitrogens is 4. The summed E-state index contributed by atoms with van der Waals surface area (Å²) in [6, 6.07) is 0. The average molecular weight is 333 g/mol. The summed E-state index contributed by atoms with van der Waals surface area (Å²) >= 11 is 0. The number of nitrogens with zero attached hydrogens (tertiary/aromatic N) is 4. The predicted molar refractivity (Wildman–Crippen MR) is 84.4 cm³/mol. The Labute approximate surface area is 138 Å². The SMILES string of the molecule is CC(C)(C)OC(=O)Nc1ncnc2c1ncn2C1CCC(C=O)O1. The molecule has 2 aromatic rings. The molecule has 1 fully saturated rings. The second-order valence-corrected chi connectivity index (χ2v) is 6.52. The van der Waals surface area contributed by atoms with Gasteiger partial charge in [0.2, 0.25) is 0 Å². The molecule has 1 aliphatic rings. The van der Waals surface area contributed by atoms with Crippen LogP contribution in [0, 0.1) is 0 Å². The van der Waals surface area contributed by atoms with Crippen LogP contribution >= 0.6 is 0 Å². The molecule has 1 N–H and O–H groups in total. The highest BCUT2D eigenvalue weighted by molar-refractivity contribution is 5.93. The highest BCUT2D eigenvalue weighted by Gasteiger charge is 2.28. The topological polar surface area (TPSA) is 108 Å². The molecule has 24 heavy (non-hydrogen) atoms. The maximum Gasteiger partial charge on any atom is 0.413 e. The molecular formula is C15H19N5O4. The van der Waals surface area contributed by atoms with Gasteiger partial charge in [-0.1, -0.05) is 0 Å². The molecule has 0 aliphatic carbocycles. The number of ether oxygens (including phenoxy) is 2. The van der Waals surface area contributed by atoms with Crippen LogP contribution in [0.15, 0.2) is 12.7 Å². The van der Waals surface area contributed by atoms with E-state index >= 15 is 0 Å². The molecule has 1 amide bonds. The lowest BCUT2D eigenvalue weighted by atomic mass is 10.2. The number of imidazole rings is 1. The van der Waals surface area contributed by atoms with Crippen molar-refractivity contribution in [3.05, 3.63) is 12.7 Å². The van der Waals surface area contributed by atoms with Gasteiger partial charge in [0.05, 0.1) is 6.33 Å². The lowest BCUT2D eigenvalue weighted by Crippen LogP contribution is -2.27. The first-order valence-corrected chi connectivity index (χ1v) is 7.65. The standard InChI is InChI=1S/C15H19N5O4/c1-15(2,3)24-14(22)19-12-11-13(17-7-16-12)20(8-18-11)10-5-4-9(6-21)23-10/h6-10H,4-5H2,1-3H3,(H,16,17,19,22). The lowest BCUT2D eigenvalue weighted by Gasteiger charge is -2.19. The maximum absolute atomic E-state index is 11.9. The van der Waals surface area contributed by atoms with Crippen LogP contribution in [0.1, 0.15) is 39.8 Å². The lowest BCUT2D eigenvalue weighted by molar-refractivity contribution is -0.119. The number of carbonyl (C=O) groups excluding carboxylic acids is 2. The Balaban J connectivity index is 1.84. The third-order valence-electron chi connectivity index (χ3n) is 3.47. The molecule has 1 saturated heterocycles. The zero-order valence-corrected chi connectivity index (χ0v) is 13.7. The van der Waals surface area contributed by atoms with E-state index in [1.165, 1.54) is 6.33 Å². The first-order valence-electron chi connectivity index (χ1n) is 7.65. The Morgan fingerprint density at radius 1 is 1.38 bits per heavy atom. The number of aldehydes is 1. The molecule has 2 atom stereocenters. The van der Waals surface area contributed by atoms with Crippen LogP contribution in [0.2, 0.25) is 0 Å². The smallest absolute Gasteiger partial charge is 0.413 e. The zero-order valence-electron chi connectivity index (χ0n) is 13.7. The molecule has 3 rings (SSSR count). The minimum atomic E-state index is -0.616. The summed E-state index contributed by atoms with van der Waals surface area (Å²) in [4.78, 5) is 35.3. The molecule has 9 heteroatoms. The van der Waals surface area contributed by atoms with Gasteiger partial charge in [-0.3, -0.25) is 9.88 Å². The summed E-state index contributed by atoms with van der Waals surface area (Å²) in [6.45, 7) is 5.33. The van der Waals surface area contributed by atoms with Crippen molar-refractivity contribution in [3.8, 4) is 0 Å². The van der Waals surface area contributed by atoms with E-state index in [0.717, 1.165) is 6.29 Å². The minimum Gasteiger partial charge on any atom is -0.444 e.